The van der Waals surface area contributed by atoms with Crippen LogP contribution in [0.25, 0.3) is 0 Å². The number of hydrogen-bond donors (Lipinski definition) is 2. The fourth-order valence-electron chi connectivity index (χ4n) is 0.971. The van der Waals surface area contributed by atoms with Crippen molar-refractivity contribution in [1.82, 2.24) is 4.72 Å². The number of benzene rings is 1. The molecule has 1 rings (SSSR count). The summed E-state index contributed by atoms with van der Waals surface area (Å²) in [4.78, 5) is -0.735. The highest BCUT2D eigenvalue weighted by atomic mass is 32.2. The van der Waals surface area contributed by atoms with Crippen molar-refractivity contribution in [2.45, 2.75) is 4.90 Å². The van der Waals surface area contributed by atoms with E-state index < -0.39 is 32.2 Å². The Kier molecular flexibility index (Phi) is 3.47. The molecule has 0 atom stereocenters. The Morgan fingerprint density at radius 3 is 2.62 bits per heavy atom. The van der Waals surface area contributed by atoms with E-state index in [1.807, 2.05) is 10.6 Å². The van der Waals surface area contributed by atoms with Crippen LogP contribution in [-0.2, 0) is 10.0 Å². The van der Waals surface area contributed by atoms with Gasteiger partial charge in [-0.25, -0.2) is 17.2 Å². The molecule has 0 aromatic heterocycles. The molecule has 0 saturated heterocycles. The molecule has 0 fully saturated rings. The quantitative estimate of drug-likeness (QED) is 0.601. The predicted molar refractivity (Wildman–Crippen MR) is 54.8 cm³/mol. The van der Waals surface area contributed by atoms with Crippen LogP contribution in [0.5, 0.6) is 0 Å². The summed E-state index contributed by atoms with van der Waals surface area (Å²) in [6.45, 7) is -0.293. The van der Waals surface area contributed by atoms with Crippen LogP contribution >= 0.6 is 0 Å². The third-order valence-corrected chi connectivity index (χ3v) is 3.16. The summed E-state index contributed by atoms with van der Waals surface area (Å²) in [7, 11) is -4.11. The van der Waals surface area contributed by atoms with Crippen molar-refractivity contribution in [2.75, 3.05) is 12.3 Å². The zero-order valence-corrected chi connectivity index (χ0v) is 8.81. The SMILES string of the molecule is C#CCNS(=O)(=O)c1ccc(F)c(N)c1F. The highest BCUT2D eigenvalue weighted by Gasteiger charge is 2.21. The summed E-state index contributed by atoms with van der Waals surface area (Å²) in [6.07, 6.45) is 4.85. The van der Waals surface area contributed by atoms with Crippen LogP contribution in [0.3, 0.4) is 0 Å². The molecule has 0 saturated carbocycles. The highest BCUT2D eigenvalue weighted by Crippen LogP contribution is 2.22. The molecular weight excluding hydrogens is 238 g/mol. The standard InChI is InChI=1S/C9H8F2N2O2S/c1-2-5-13-16(14,15)7-4-3-6(10)9(12)8(7)11/h1,3-4,13H,5,12H2. The van der Waals surface area contributed by atoms with E-state index in [0.717, 1.165) is 12.1 Å². The first kappa shape index (κ1) is 12.4. The third-order valence-electron chi connectivity index (χ3n) is 1.74. The minimum Gasteiger partial charge on any atom is -0.394 e. The minimum absolute atomic E-state index is 0.293. The molecule has 0 radical (unpaired) electrons. The minimum atomic E-state index is -4.11. The van der Waals surface area contributed by atoms with Crippen molar-refractivity contribution in [1.29, 1.82) is 0 Å². The zero-order valence-electron chi connectivity index (χ0n) is 8.00. The number of nitrogens with one attached hydrogen (secondary N) is 1. The molecule has 4 nitrogen and oxygen atoms in total. The van der Waals surface area contributed by atoms with E-state index in [1.165, 1.54) is 0 Å². The molecule has 7 heteroatoms. The monoisotopic (exact) mass is 246 g/mol. The molecule has 86 valence electrons. The topological polar surface area (TPSA) is 72.2 Å². The Morgan fingerprint density at radius 1 is 1.44 bits per heavy atom. The zero-order chi connectivity index (χ0) is 12.3. The summed E-state index contributed by atoms with van der Waals surface area (Å²) >= 11 is 0. The number of halogens is 2. The van der Waals surface area contributed by atoms with Gasteiger partial charge in [0, 0.05) is 0 Å². The molecule has 0 aliphatic carbocycles. The van der Waals surface area contributed by atoms with E-state index in [-0.39, 0.29) is 6.54 Å². The number of anilines is 1. The van der Waals surface area contributed by atoms with E-state index >= 15 is 0 Å². The lowest BCUT2D eigenvalue weighted by atomic mass is 10.3. The molecule has 1 aromatic carbocycles. The number of hydrogen-bond acceptors (Lipinski definition) is 3. The summed E-state index contributed by atoms with van der Waals surface area (Å²) < 4.78 is 51.0. The van der Waals surface area contributed by atoms with Gasteiger partial charge in [0.25, 0.3) is 0 Å². The lowest BCUT2D eigenvalue weighted by Crippen LogP contribution is -2.25. The molecular formula is C9H8F2N2O2S. The third kappa shape index (κ3) is 2.29. The lowest BCUT2D eigenvalue weighted by molar-refractivity contribution is 0.550. The van der Waals surface area contributed by atoms with Crippen LogP contribution in [0.15, 0.2) is 17.0 Å². The van der Waals surface area contributed by atoms with Gasteiger partial charge in [-0.1, -0.05) is 5.92 Å². The normalized spacial score (nSPS) is 11.1. The summed E-state index contributed by atoms with van der Waals surface area (Å²) in [6, 6.07) is 1.54. The van der Waals surface area contributed by atoms with Gasteiger partial charge in [0.1, 0.15) is 16.4 Å². The maximum atomic E-state index is 13.3. The molecule has 0 heterocycles. The van der Waals surface area contributed by atoms with Gasteiger partial charge in [0.2, 0.25) is 10.0 Å². The second kappa shape index (κ2) is 4.47. The summed E-state index contributed by atoms with van der Waals surface area (Å²) in [5.74, 6) is -0.328. The van der Waals surface area contributed by atoms with Crippen LogP contribution in [0, 0.1) is 24.0 Å². The molecule has 0 unspecified atom stereocenters. The van der Waals surface area contributed by atoms with E-state index in [0.29, 0.717) is 0 Å². The predicted octanol–water partition coefficient (Wildman–Crippen LogP) is 0.458. The average Bonchev–Trinajstić information content (AvgIpc) is 2.23. The van der Waals surface area contributed by atoms with E-state index in [4.69, 9.17) is 12.2 Å². The molecule has 0 amide bonds. The van der Waals surface area contributed by atoms with Crippen molar-refractivity contribution in [3.8, 4) is 12.3 Å². The fraction of sp³-hybridized carbons (Fsp3) is 0.111. The summed E-state index contributed by atoms with van der Waals surface area (Å²) in [5.41, 5.74) is 4.18. The van der Waals surface area contributed by atoms with Crippen LogP contribution < -0.4 is 10.5 Å². The molecule has 0 spiro atoms. The smallest absolute Gasteiger partial charge is 0.244 e. The maximum absolute atomic E-state index is 13.3. The van der Waals surface area contributed by atoms with Crippen LogP contribution in [0.1, 0.15) is 0 Å². The number of nitrogen functional groups attached to an aromatic ring is 1. The van der Waals surface area contributed by atoms with Gasteiger partial charge in [-0.2, -0.15) is 4.72 Å². The van der Waals surface area contributed by atoms with E-state index in [2.05, 4.69) is 0 Å². The first-order valence-corrected chi connectivity index (χ1v) is 5.55. The fourth-order valence-corrected chi connectivity index (χ4v) is 1.99. The Bertz CT molecular complexity index is 549. The Balaban J connectivity index is 3.26. The summed E-state index contributed by atoms with van der Waals surface area (Å²) in [5, 5.41) is 0. The van der Waals surface area contributed by atoms with Gasteiger partial charge >= 0.3 is 0 Å². The Morgan fingerprint density at radius 2 is 2.06 bits per heavy atom. The van der Waals surface area contributed by atoms with Crippen LogP contribution in [0.2, 0.25) is 0 Å². The largest absolute Gasteiger partial charge is 0.394 e. The first-order valence-electron chi connectivity index (χ1n) is 4.06. The Labute approximate surface area is 91.5 Å². The van der Waals surface area contributed by atoms with Crippen molar-refractivity contribution < 1.29 is 17.2 Å². The van der Waals surface area contributed by atoms with Crippen molar-refractivity contribution in [3.63, 3.8) is 0 Å². The molecule has 0 aliphatic rings. The van der Waals surface area contributed by atoms with Gasteiger partial charge in [-0.15, -0.1) is 6.42 Å². The lowest BCUT2D eigenvalue weighted by Gasteiger charge is -2.07. The number of rotatable bonds is 3. The van der Waals surface area contributed by atoms with Crippen LogP contribution in [0.4, 0.5) is 14.5 Å². The molecule has 3 N–H and O–H groups in total. The number of sulfonamides is 1. The first-order chi connectivity index (χ1) is 7.40. The molecule has 16 heavy (non-hydrogen) atoms. The Hall–Kier alpha value is -1.65. The highest BCUT2D eigenvalue weighted by molar-refractivity contribution is 7.89. The molecule has 0 bridgehead atoms. The second-order valence-corrected chi connectivity index (χ2v) is 4.54. The van der Waals surface area contributed by atoms with Gasteiger partial charge in [0.05, 0.1) is 6.54 Å². The van der Waals surface area contributed by atoms with E-state index in [9.17, 15) is 17.2 Å². The number of terminal acetylenes is 1. The van der Waals surface area contributed by atoms with Crippen LogP contribution in [-0.4, -0.2) is 15.0 Å². The van der Waals surface area contributed by atoms with Gasteiger partial charge in [-0.05, 0) is 12.1 Å². The van der Waals surface area contributed by atoms with Gasteiger partial charge in [0.15, 0.2) is 5.82 Å². The molecule has 0 aliphatic heterocycles. The van der Waals surface area contributed by atoms with Crippen molar-refractivity contribution in [2.24, 2.45) is 0 Å². The molecule has 1 aromatic rings. The van der Waals surface area contributed by atoms with Gasteiger partial charge in [-0.3, -0.25) is 0 Å². The van der Waals surface area contributed by atoms with Crippen molar-refractivity contribution >= 4 is 15.7 Å². The number of nitrogens with two attached hydrogens (primary N) is 1. The second-order valence-electron chi connectivity index (χ2n) is 2.80. The van der Waals surface area contributed by atoms with E-state index in [1.54, 1.807) is 0 Å². The maximum Gasteiger partial charge on any atom is 0.244 e. The average molecular weight is 246 g/mol. The van der Waals surface area contributed by atoms with Gasteiger partial charge < -0.3 is 5.73 Å². The van der Waals surface area contributed by atoms with Crippen molar-refractivity contribution in [3.05, 3.63) is 23.8 Å².